The topological polar surface area (TPSA) is 131 Å². The van der Waals surface area contributed by atoms with Gasteiger partial charge in [0.2, 0.25) is 21.8 Å². The highest BCUT2D eigenvalue weighted by molar-refractivity contribution is 8.01. The van der Waals surface area contributed by atoms with Gasteiger partial charge in [-0.15, -0.1) is 11.8 Å². The molecular formula is C17H21FN4O4S4. The van der Waals surface area contributed by atoms with E-state index in [0.29, 0.717) is 11.4 Å². The van der Waals surface area contributed by atoms with Gasteiger partial charge in [0.15, 0.2) is 5.13 Å². The minimum atomic E-state index is -4.25. The molecule has 2 rings (SSSR count). The summed E-state index contributed by atoms with van der Waals surface area (Å²) >= 11 is 3.81. The standard InChI is InChI=1S/C17H21FN4O4S4/c1-10-16(28-9-14(19)23)29-17(20-10)21-15(24)12(7-8-27-2)22-30(25,26)13-6-4-3-5-11(13)18/h3-6,12,22H,7-9H2,1-2H3,(H2,19,23)(H,20,21,24). The Balaban J connectivity index is 2.17. The average molecular weight is 493 g/mol. The van der Waals surface area contributed by atoms with E-state index in [4.69, 9.17) is 5.73 Å². The molecule has 0 spiro atoms. The summed E-state index contributed by atoms with van der Waals surface area (Å²) in [5.74, 6) is -1.40. The Morgan fingerprint density at radius 1 is 1.33 bits per heavy atom. The molecule has 1 aromatic carbocycles. The van der Waals surface area contributed by atoms with Gasteiger partial charge in [0, 0.05) is 0 Å². The fourth-order valence-corrected chi connectivity index (χ4v) is 5.95. The van der Waals surface area contributed by atoms with Gasteiger partial charge in [-0.3, -0.25) is 9.59 Å². The Hall–Kier alpha value is -1.67. The summed E-state index contributed by atoms with van der Waals surface area (Å²) in [6.07, 6.45) is 2.03. The Labute approximate surface area is 186 Å². The number of carbonyl (C=O) groups excluding carboxylic acids is 2. The first-order valence-electron chi connectivity index (χ1n) is 8.59. The van der Waals surface area contributed by atoms with Gasteiger partial charge < -0.3 is 11.1 Å². The molecule has 0 radical (unpaired) electrons. The van der Waals surface area contributed by atoms with Gasteiger partial charge in [-0.05, 0) is 37.5 Å². The van der Waals surface area contributed by atoms with Gasteiger partial charge in [-0.25, -0.2) is 17.8 Å². The van der Waals surface area contributed by atoms with Gasteiger partial charge in [0.05, 0.1) is 15.7 Å². The molecule has 30 heavy (non-hydrogen) atoms. The van der Waals surface area contributed by atoms with Crippen molar-refractivity contribution in [1.29, 1.82) is 0 Å². The van der Waals surface area contributed by atoms with E-state index in [2.05, 4.69) is 15.0 Å². The first kappa shape index (κ1) is 24.6. The number of carbonyl (C=O) groups is 2. The number of amides is 2. The number of rotatable bonds is 11. The Morgan fingerprint density at radius 2 is 2.03 bits per heavy atom. The molecule has 2 amide bonds. The van der Waals surface area contributed by atoms with Crippen LogP contribution in [-0.4, -0.2) is 49.0 Å². The van der Waals surface area contributed by atoms with Crippen LogP contribution in [0.1, 0.15) is 12.1 Å². The first-order chi connectivity index (χ1) is 14.1. The van der Waals surface area contributed by atoms with Crippen LogP contribution in [0.25, 0.3) is 0 Å². The zero-order chi connectivity index (χ0) is 22.3. The fourth-order valence-electron chi connectivity index (χ4n) is 2.29. The molecule has 1 atom stereocenters. The van der Waals surface area contributed by atoms with Crippen LogP contribution in [0.15, 0.2) is 33.4 Å². The van der Waals surface area contributed by atoms with Crippen LogP contribution in [0.3, 0.4) is 0 Å². The molecule has 164 valence electrons. The minimum absolute atomic E-state index is 0.0786. The molecule has 8 nitrogen and oxygen atoms in total. The smallest absolute Gasteiger partial charge is 0.244 e. The van der Waals surface area contributed by atoms with E-state index in [0.717, 1.165) is 27.7 Å². The second-order valence-corrected chi connectivity index (χ2v) is 10.9. The summed E-state index contributed by atoms with van der Waals surface area (Å²) in [7, 11) is -4.25. The number of aromatic nitrogens is 1. The highest BCUT2D eigenvalue weighted by Crippen LogP contribution is 2.32. The van der Waals surface area contributed by atoms with Crippen LogP contribution in [0.2, 0.25) is 0 Å². The van der Waals surface area contributed by atoms with Crippen molar-refractivity contribution < 1.29 is 22.4 Å². The molecule has 0 saturated carbocycles. The quantitative estimate of drug-likeness (QED) is 0.410. The Bertz CT molecular complexity index is 1010. The predicted molar refractivity (Wildman–Crippen MR) is 119 cm³/mol. The van der Waals surface area contributed by atoms with Crippen LogP contribution in [0, 0.1) is 12.7 Å². The number of primary amides is 1. The van der Waals surface area contributed by atoms with E-state index < -0.39 is 38.6 Å². The monoisotopic (exact) mass is 492 g/mol. The molecule has 0 bridgehead atoms. The molecule has 4 N–H and O–H groups in total. The van der Waals surface area contributed by atoms with Crippen molar-refractivity contribution in [3.63, 3.8) is 0 Å². The molecular weight excluding hydrogens is 471 g/mol. The lowest BCUT2D eigenvalue weighted by Crippen LogP contribution is -2.44. The number of nitrogens with zero attached hydrogens (tertiary/aromatic N) is 1. The van der Waals surface area contributed by atoms with Crippen LogP contribution < -0.4 is 15.8 Å². The van der Waals surface area contributed by atoms with Gasteiger partial charge >= 0.3 is 0 Å². The molecule has 1 heterocycles. The largest absolute Gasteiger partial charge is 0.369 e. The normalized spacial score (nSPS) is 12.5. The lowest BCUT2D eigenvalue weighted by atomic mass is 10.2. The number of thiazole rings is 1. The molecule has 0 saturated heterocycles. The number of anilines is 1. The third kappa shape index (κ3) is 6.94. The fraction of sp³-hybridized carbons (Fsp3) is 0.353. The number of nitrogens with one attached hydrogen (secondary N) is 2. The summed E-state index contributed by atoms with van der Waals surface area (Å²) in [4.78, 5) is 27.4. The lowest BCUT2D eigenvalue weighted by molar-refractivity contribution is -0.118. The maximum Gasteiger partial charge on any atom is 0.244 e. The third-order valence-corrected chi connectivity index (χ3v) is 8.29. The molecule has 0 aliphatic rings. The van der Waals surface area contributed by atoms with Crippen LogP contribution in [0.4, 0.5) is 9.52 Å². The van der Waals surface area contributed by atoms with E-state index in [1.54, 1.807) is 6.92 Å². The maximum atomic E-state index is 13.9. The number of aryl methyl sites for hydroxylation is 1. The average Bonchev–Trinajstić information content (AvgIpc) is 3.02. The highest BCUT2D eigenvalue weighted by Gasteiger charge is 2.28. The van der Waals surface area contributed by atoms with Crippen LogP contribution in [-0.2, 0) is 19.6 Å². The summed E-state index contributed by atoms with van der Waals surface area (Å²) in [5, 5.41) is 2.86. The molecule has 0 fully saturated rings. The van der Waals surface area contributed by atoms with E-state index in [1.807, 2.05) is 6.26 Å². The maximum absolute atomic E-state index is 13.9. The van der Waals surface area contributed by atoms with E-state index in [-0.39, 0.29) is 17.3 Å². The zero-order valence-electron chi connectivity index (χ0n) is 16.2. The second-order valence-electron chi connectivity index (χ2n) is 6.02. The molecule has 1 aromatic heterocycles. The molecule has 2 aromatic rings. The number of hydrogen-bond acceptors (Lipinski definition) is 8. The molecule has 0 aliphatic carbocycles. The van der Waals surface area contributed by atoms with Crippen molar-refractivity contribution in [2.24, 2.45) is 5.73 Å². The number of sulfonamides is 1. The van der Waals surface area contributed by atoms with Crippen molar-refractivity contribution >= 4 is 61.8 Å². The molecule has 1 unspecified atom stereocenters. The van der Waals surface area contributed by atoms with E-state index in [1.165, 1.54) is 35.7 Å². The number of hydrogen-bond donors (Lipinski definition) is 3. The van der Waals surface area contributed by atoms with Crippen LogP contribution in [0.5, 0.6) is 0 Å². The first-order valence-corrected chi connectivity index (χ1v) is 13.3. The van der Waals surface area contributed by atoms with Crippen LogP contribution >= 0.6 is 34.9 Å². The van der Waals surface area contributed by atoms with Crippen molar-refractivity contribution in [3.8, 4) is 0 Å². The van der Waals surface area contributed by atoms with Gasteiger partial charge in [-0.1, -0.05) is 23.5 Å². The van der Waals surface area contributed by atoms with Crippen molar-refractivity contribution in [3.05, 3.63) is 35.8 Å². The van der Waals surface area contributed by atoms with E-state index >= 15 is 0 Å². The number of benzene rings is 1. The second kappa shape index (κ2) is 11.1. The lowest BCUT2D eigenvalue weighted by Gasteiger charge is -2.17. The molecule has 13 heteroatoms. The van der Waals surface area contributed by atoms with Crippen molar-refractivity contribution in [2.75, 3.05) is 23.1 Å². The summed E-state index contributed by atoms with van der Waals surface area (Å²) in [5.41, 5.74) is 5.76. The summed E-state index contributed by atoms with van der Waals surface area (Å²) < 4.78 is 42.1. The summed E-state index contributed by atoms with van der Waals surface area (Å²) in [6, 6.07) is 3.83. The van der Waals surface area contributed by atoms with E-state index in [9.17, 15) is 22.4 Å². The number of nitrogens with two attached hydrogens (primary N) is 1. The Kier molecular flexibility index (Phi) is 9.09. The van der Waals surface area contributed by atoms with Gasteiger partial charge in [0.1, 0.15) is 16.8 Å². The SMILES string of the molecule is CSCCC(NS(=O)(=O)c1ccccc1F)C(=O)Nc1nc(C)c(SCC(N)=O)s1. The van der Waals surface area contributed by atoms with Crippen molar-refractivity contribution in [1.82, 2.24) is 9.71 Å². The molecule has 0 aliphatic heterocycles. The number of thioether (sulfide) groups is 2. The van der Waals surface area contributed by atoms with Crippen molar-refractivity contribution in [2.45, 2.75) is 28.5 Å². The predicted octanol–water partition coefficient (Wildman–Crippen LogP) is 2.21. The van der Waals surface area contributed by atoms with Gasteiger partial charge in [-0.2, -0.15) is 16.5 Å². The zero-order valence-corrected chi connectivity index (χ0v) is 19.4. The summed E-state index contributed by atoms with van der Waals surface area (Å²) in [6.45, 7) is 1.72. The Morgan fingerprint density at radius 3 is 2.67 bits per heavy atom. The third-order valence-electron chi connectivity index (χ3n) is 3.68. The number of halogens is 1. The minimum Gasteiger partial charge on any atom is -0.369 e. The highest BCUT2D eigenvalue weighted by atomic mass is 32.2. The van der Waals surface area contributed by atoms with Gasteiger partial charge in [0.25, 0.3) is 0 Å².